The molecule has 0 bridgehead atoms. The third-order valence-corrected chi connectivity index (χ3v) is 4.25. The van der Waals surface area contributed by atoms with Crippen molar-refractivity contribution in [1.29, 1.82) is 0 Å². The van der Waals surface area contributed by atoms with E-state index in [9.17, 15) is 0 Å². The highest BCUT2D eigenvalue weighted by Crippen LogP contribution is 2.26. The molecule has 0 atom stereocenters. The monoisotopic (exact) mass is 357 g/mol. The van der Waals surface area contributed by atoms with Gasteiger partial charge in [-0.25, -0.2) is 4.98 Å². The number of rotatable bonds is 3. The van der Waals surface area contributed by atoms with Crippen molar-refractivity contribution in [2.45, 2.75) is 20.3 Å². The minimum atomic E-state index is 0.511. The van der Waals surface area contributed by atoms with Gasteiger partial charge in [-0.3, -0.25) is 4.98 Å². The Morgan fingerprint density at radius 1 is 1.47 bits per heavy atom. The fourth-order valence-electron chi connectivity index (χ4n) is 1.73. The van der Waals surface area contributed by atoms with E-state index in [0.29, 0.717) is 27.1 Å². The van der Waals surface area contributed by atoms with Gasteiger partial charge in [0.2, 0.25) is 0 Å². The average Bonchev–Trinajstić information content (AvgIpc) is 2.35. The van der Waals surface area contributed by atoms with Gasteiger partial charge in [0.05, 0.1) is 9.50 Å². The molecule has 2 heterocycles. The van der Waals surface area contributed by atoms with E-state index in [1.165, 1.54) is 0 Å². The van der Waals surface area contributed by atoms with Crippen LogP contribution in [0.5, 0.6) is 0 Å². The maximum absolute atomic E-state index is 6.14. The van der Waals surface area contributed by atoms with Gasteiger partial charge in [0.1, 0.15) is 10.3 Å². The molecule has 6 heteroatoms. The highest BCUT2D eigenvalue weighted by atomic mass is 79.9. The summed E-state index contributed by atoms with van der Waals surface area (Å²) in [4.78, 5) is 11.9. The van der Waals surface area contributed by atoms with Crippen LogP contribution in [0.15, 0.2) is 22.8 Å². The Morgan fingerprint density at radius 3 is 2.84 bits per heavy atom. The molecule has 0 unspecified atom stereocenters. The predicted octanol–water partition coefficient (Wildman–Crippen LogP) is 4.82. The lowest BCUT2D eigenvalue weighted by atomic mass is 10.1. The summed E-state index contributed by atoms with van der Waals surface area (Å²) in [7, 11) is 0. The molecule has 0 spiro atoms. The van der Waals surface area contributed by atoms with Crippen LogP contribution in [0.3, 0.4) is 0 Å². The van der Waals surface area contributed by atoms with E-state index in [0.717, 1.165) is 16.6 Å². The molecule has 0 saturated carbocycles. The summed E-state index contributed by atoms with van der Waals surface area (Å²) in [5.41, 5.74) is 1.64. The van der Waals surface area contributed by atoms with Crippen molar-refractivity contribution in [2.24, 2.45) is 5.92 Å². The number of aromatic nitrogens is 3. The van der Waals surface area contributed by atoms with Gasteiger partial charge in [-0.1, -0.05) is 37.7 Å². The van der Waals surface area contributed by atoms with Crippen molar-refractivity contribution in [3.8, 4) is 11.5 Å². The van der Waals surface area contributed by atoms with Crippen LogP contribution in [-0.4, -0.2) is 15.0 Å². The first-order valence-corrected chi connectivity index (χ1v) is 7.46. The van der Waals surface area contributed by atoms with Gasteiger partial charge in [-0.05, 0) is 40.4 Å². The number of pyridine rings is 1. The quantitative estimate of drug-likeness (QED) is 0.800. The van der Waals surface area contributed by atoms with E-state index < -0.39 is 0 Å². The van der Waals surface area contributed by atoms with Gasteiger partial charge in [-0.2, -0.15) is 0 Å². The van der Waals surface area contributed by atoms with Gasteiger partial charge >= 0.3 is 0 Å². The van der Waals surface area contributed by atoms with Crippen molar-refractivity contribution in [3.63, 3.8) is 0 Å². The molecule has 19 heavy (non-hydrogen) atoms. The Hall–Kier alpha value is -0.780. The third kappa shape index (κ3) is 3.41. The van der Waals surface area contributed by atoms with Crippen molar-refractivity contribution in [3.05, 3.63) is 38.2 Å². The van der Waals surface area contributed by atoms with E-state index in [1.807, 2.05) is 0 Å². The van der Waals surface area contributed by atoms with E-state index >= 15 is 0 Å². The molecule has 0 aliphatic carbocycles. The molecular formula is C13H13BrClN3S. The molecule has 0 aromatic carbocycles. The molecule has 0 aliphatic heterocycles. The first-order valence-electron chi connectivity index (χ1n) is 5.88. The first-order chi connectivity index (χ1) is 8.99. The van der Waals surface area contributed by atoms with Crippen LogP contribution in [0.2, 0.25) is 5.02 Å². The summed E-state index contributed by atoms with van der Waals surface area (Å²) in [5.74, 6) is 1.12. The predicted molar refractivity (Wildman–Crippen MR) is 83.9 cm³/mol. The standard InChI is InChI=1S/C13H13BrClN3S/c1-7(2)6-9-10(14)13(19)18-12(17-9)11-8(15)4-3-5-16-11/h3-5,7H,6H2,1-2H3,(H,17,18,19). The van der Waals surface area contributed by atoms with Gasteiger partial charge in [0.25, 0.3) is 0 Å². The molecule has 1 N–H and O–H groups in total. The Bertz CT molecular complexity index is 655. The molecular weight excluding hydrogens is 346 g/mol. The van der Waals surface area contributed by atoms with Crippen LogP contribution < -0.4 is 0 Å². The van der Waals surface area contributed by atoms with Gasteiger partial charge in [-0.15, -0.1) is 0 Å². The summed E-state index contributed by atoms with van der Waals surface area (Å²) in [6.45, 7) is 4.30. The number of hydrogen-bond donors (Lipinski definition) is 1. The molecule has 0 radical (unpaired) electrons. The fourth-order valence-corrected chi connectivity index (χ4v) is 2.50. The first kappa shape index (κ1) is 14.6. The number of aromatic amines is 1. The summed E-state index contributed by atoms with van der Waals surface area (Å²) in [6.07, 6.45) is 2.56. The molecule has 0 aliphatic rings. The van der Waals surface area contributed by atoms with E-state index in [1.54, 1.807) is 18.3 Å². The van der Waals surface area contributed by atoms with Crippen LogP contribution >= 0.6 is 39.7 Å². The lowest BCUT2D eigenvalue weighted by molar-refractivity contribution is 0.632. The molecule has 2 aromatic rings. The molecule has 0 saturated heterocycles. The number of hydrogen-bond acceptors (Lipinski definition) is 3. The van der Waals surface area contributed by atoms with Gasteiger partial charge in [0, 0.05) is 11.9 Å². The van der Waals surface area contributed by atoms with Crippen LogP contribution in [0.1, 0.15) is 19.5 Å². The average molecular weight is 359 g/mol. The minimum absolute atomic E-state index is 0.511. The fraction of sp³-hybridized carbons (Fsp3) is 0.308. The summed E-state index contributed by atoms with van der Waals surface area (Å²) >= 11 is 14.9. The Kier molecular flexibility index (Phi) is 4.71. The Balaban J connectivity index is 2.57. The molecule has 100 valence electrons. The smallest absolute Gasteiger partial charge is 0.159 e. The summed E-state index contributed by atoms with van der Waals surface area (Å²) in [5, 5.41) is 0.554. The van der Waals surface area contributed by atoms with Gasteiger partial charge < -0.3 is 4.98 Å². The zero-order valence-electron chi connectivity index (χ0n) is 10.6. The van der Waals surface area contributed by atoms with E-state index in [2.05, 4.69) is 44.7 Å². The van der Waals surface area contributed by atoms with Crippen molar-refractivity contribution in [1.82, 2.24) is 15.0 Å². The zero-order chi connectivity index (χ0) is 14.0. The Morgan fingerprint density at radius 2 is 2.21 bits per heavy atom. The molecule has 0 amide bonds. The second-order valence-corrected chi connectivity index (χ2v) is 6.20. The van der Waals surface area contributed by atoms with Crippen LogP contribution in [-0.2, 0) is 6.42 Å². The SMILES string of the molecule is CC(C)Cc1[nH]c(-c2ncccc2Cl)nc(=S)c1Br. The number of nitrogens with zero attached hydrogens (tertiary/aromatic N) is 2. The lowest BCUT2D eigenvalue weighted by Crippen LogP contribution is -2.03. The normalized spacial score (nSPS) is 11.0. The number of nitrogens with one attached hydrogen (secondary N) is 1. The maximum Gasteiger partial charge on any atom is 0.159 e. The minimum Gasteiger partial charge on any atom is -0.341 e. The van der Waals surface area contributed by atoms with Crippen molar-refractivity contribution >= 4 is 39.7 Å². The van der Waals surface area contributed by atoms with E-state index in [4.69, 9.17) is 23.8 Å². The second kappa shape index (κ2) is 6.11. The highest BCUT2D eigenvalue weighted by molar-refractivity contribution is 9.10. The van der Waals surface area contributed by atoms with E-state index in [-0.39, 0.29) is 0 Å². The molecule has 3 nitrogen and oxygen atoms in total. The topological polar surface area (TPSA) is 41.6 Å². The van der Waals surface area contributed by atoms with Crippen LogP contribution in [0.4, 0.5) is 0 Å². The third-order valence-electron chi connectivity index (χ3n) is 2.53. The van der Waals surface area contributed by atoms with Crippen molar-refractivity contribution < 1.29 is 0 Å². The maximum atomic E-state index is 6.14. The lowest BCUT2D eigenvalue weighted by Gasteiger charge is -2.10. The molecule has 2 rings (SSSR count). The van der Waals surface area contributed by atoms with Gasteiger partial charge in [0.15, 0.2) is 5.82 Å². The van der Waals surface area contributed by atoms with Crippen LogP contribution in [0.25, 0.3) is 11.5 Å². The number of H-pyrrole nitrogens is 1. The van der Waals surface area contributed by atoms with Crippen molar-refractivity contribution in [2.75, 3.05) is 0 Å². The number of halogens is 2. The zero-order valence-corrected chi connectivity index (χ0v) is 13.7. The molecule has 2 aromatic heterocycles. The largest absolute Gasteiger partial charge is 0.341 e. The summed E-state index contributed by atoms with van der Waals surface area (Å²) < 4.78 is 1.36. The Labute approximate surface area is 130 Å². The summed E-state index contributed by atoms with van der Waals surface area (Å²) in [6, 6.07) is 3.57. The second-order valence-electron chi connectivity index (χ2n) is 4.61. The highest BCUT2D eigenvalue weighted by Gasteiger charge is 2.12. The molecule has 0 fully saturated rings. The van der Waals surface area contributed by atoms with Crippen LogP contribution in [0, 0.1) is 10.6 Å².